The molecular weight excluding hydrogens is 296 g/mol. The van der Waals surface area contributed by atoms with Gasteiger partial charge in [-0.2, -0.15) is 0 Å². The number of methoxy groups -OCH3 is 1. The van der Waals surface area contributed by atoms with Gasteiger partial charge in [0.2, 0.25) is 0 Å². The lowest BCUT2D eigenvalue weighted by Gasteiger charge is -2.17. The molecule has 0 saturated carbocycles. The summed E-state index contributed by atoms with van der Waals surface area (Å²) < 4.78 is 18.9. The lowest BCUT2D eigenvalue weighted by molar-refractivity contribution is -0.165. The molecule has 0 aromatic carbocycles. The van der Waals surface area contributed by atoms with Crippen LogP contribution in [0.4, 0.5) is 0 Å². The van der Waals surface area contributed by atoms with Crippen molar-refractivity contribution in [3.8, 4) is 0 Å². The maximum Gasteiger partial charge on any atom is 0.331 e. The van der Waals surface area contributed by atoms with E-state index in [0.29, 0.717) is 0 Å². The maximum absolute atomic E-state index is 11.4. The number of hydrogen-bond donors (Lipinski definition) is 0. The summed E-state index contributed by atoms with van der Waals surface area (Å²) in [6, 6.07) is 0. The SMILES string of the molecule is CCC(=O)OC[C@@H](COC(=O)/C=C/C(=O)OC)OC(=O)CC. The van der Waals surface area contributed by atoms with E-state index in [-0.39, 0.29) is 26.1 Å². The van der Waals surface area contributed by atoms with Gasteiger partial charge in [-0.05, 0) is 0 Å². The third-order valence-corrected chi connectivity index (χ3v) is 2.27. The summed E-state index contributed by atoms with van der Waals surface area (Å²) in [7, 11) is 1.17. The van der Waals surface area contributed by atoms with Crippen LogP contribution < -0.4 is 0 Å². The summed E-state index contributed by atoms with van der Waals surface area (Å²) in [5.41, 5.74) is 0. The molecule has 0 fully saturated rings. The third-order valence-electron chi connectivity index (χ3n) is 2.27. The Morgan fingerprint density at radius 1 is 0.864 bits per heavy atom. The second-order valence-electron chi connectivity index (χ2n) is 3.99. The van der Waals surface area contributed by atoms with Crippen molar-refractivity contribution < 1.29 is 38.1 Å². The van der Waals surface area contributed by atoms with Gasteiger partial charge in [0.15, 0.2) is 6.10 Å². The first kappa shape index (κ1) is 19.6. The summed E-state index contributed by atoms with van der Waals surface area (Å²) in [5.74, 6) is -2.50. The third kappa shape index (κ3) is 9.51. The van der Waals surface area contributed by atoms with E-state index in [9.17, 15) is 19.2 Å². The Hall–Kier alpha value is -2.38. The predicted molar refractivity (Wildman–Crippen MR) is 73.5 cm³/mol. The maximum atomic E-state index is 11.4. The predicted octanol–water partition coefficient (Wildman–Crippen LogP) is 0.534. The van der Waals surface area contributed by atoms with Gasteiger partial charge >= 0.3 is 23.9 Å². The fraction of sp³-hybridized carbons (Fsp3) is 0.571. The van der Waals surface area contributed by atoms with Crippen molar-refractivity contribution in [3.63, 3.8) is 0 Å². The molecule has 0 saturated heterocycles. The molecule has 8 nitrogen and oxygen atoms in total. The number of carbonyl (C=O) groups excluding carboxylic acids is 4. The first-order valence-electron chi connectivity index (χ1n) is 6.70. The van der Waals surface area contributed by atoms with E-state index in [0.717, 1.165) is 12.2 Å². The lowest BCUT2D eigenvalue weighted by atomic mass is 10.4. The van der Waals surface area contributed by atoms with E-state index in [4.69, 9.17) is 14.2 Å². The number of rotatable bonds is 9. The van der Waals surface area contributed by atoms with E-state index in [1.54, 1.807) is 13.8 Å². The molecule has 0 heterocycles. The molecular formula is C14H20O8. The smallest absolute Gasteiger partial charge is 0.331 e. The number of hydrogen-bond acceptors (Lipinski definition) is 8. The first-order valence-corrected chi connectivity index (χ1v) is 6.70. The second kappa shape index (κ2) is 11.3. The van der Waals surface area contributed by atoms with E-state index >= 15 is 0 Å². The highest BCUT2D eigenvalue weighted by atomic mass is 16.6. The quantitative estimate of drug-likeness (QED) is 0.345. The zero-order valence-corrected chi connectivity index (χ0v) is 12.8. The molecule has 8 heteroatoms. The average Bonchev–Trinajstić information content (AvgIpc) is 2.53. The molecule has 0 aromatic rings. The zero-order valence-electron chi connectivity index (χ0n) is 12.8. The normalized spacial score (nSPS) is 11.6. The van der Waals surface area contributed by atoms with Crippen LogP contribution in [0.25, 0.3) is 0 Å². The molecule has 0 amide bonds. The van der Waals surface area contributed by atoms with Gasteiger partial charge in [0.1, 0.15) is 13.2 Å². The van der Waals surface area contributed by atoms with Gasteiger partial charge in [-0.15, -0.1) is 0 Å². The minimum absolute atomic E-state index is 0.133. The Morgan fingerprint density at radius 2 is 1.41 bits per heavy atom. The summed E-state index contributed by atoms with van der Waals surface area (Å²) >= 11 is 0. The summed E-state index contributed by atoms with van der Waals surface area (Å²) in [6.07, 6.45) is 1.18. The highest BCUT2D eigenvalue weighted by Gasteiger charge is 2.17. The molecule has 0 aliphatic carbocycles. The van der Waals surface area contributed by atoms with Crippen molar-refractivity contribution in [1.82, 2.24) is 0 Å². The average molecular weight is 316 g/mol. The van der Waals surface area contributed by atoms with Crippen LogP contribution in [0.2, 0.25) is 0 Å². The monoisotopic (exact) mass is 316 g/mol. The molecule has 22 heavy (non-hydrogen) atoms. The summed E-state index contributed by atoms with van der Waals surface area (Å²) in [5, 5.41) is 0. The van der Waals surface area contributed by atoms with Crippen LogP contribution in [0.5, 0.6) is 0 Å². The molecule has 0 unspecified atom stereocenters. The van der Waals surface area contributed by atoms with Crippen LogP contribution in [-0.4, -0.2) is 50.3 Å². The Bertz CT molecular complexity index is 427. The first-order chi connectivity index (χ1) is 10.4. The summed E-state index contributed by atoms with van der Waals surface area (Å²) in [6.45, 7) is 2.70. The fourth-order valence-electron chi connectivity index (χ4n) is 1.10. The van der Waals surface area contributed by atoms with Crippen LogP contribution in [-0.2, 0) is 38.1 Å². The van der Waals surface area contributed by atoms with Crippen LogP contribution in [0.15, 0.2) is 12.2 Å². The Morgan fingerprint density at radius 3 is 1.95 bits per heavy atom. The number of esters is 4. The standard InChI is InChI=1S/C14H20O8/c1-4-11(15)20-8-10(22-12(16)5-2)9-21-14(18)7-6-13(17)19-3/h6-7,10H,4-5,8-9H2,1-3H3/b7-6+/t10-/m0/s1. The van der Waals surface area contributed by atoms with Crippen LogP contribution in [0.1, 0.15) is 26.7 Å². The molecule has 124 valence electrons. The van der Waals surface area contributed by atoms with Gasteiger partial charge in [0, 0.05) is 25.0 Å². The van der Waals surface area contributed by atoms with E-state index in [2.05, 4.69) is 4.74 Å². The number of ether oxygens (including phenoxy) is 4. The summed E-state index contributed by atoms with van der Waals surface area (Å²) in [4.78, 5) is 44.5. The van der Waals surface area contributed by atoms with Crippen molar-refractivity contribution in [2.24, 2.45) is 0 Å². The van der Waals surface area contributed by atoms with Crippen molar-refractivity contribution in [2.75, 3.05) is 20.3 Å². The molecule has 0 N–H and O–H groups in total. The van der Waals surface area contributed by atoms with Gasteiger partial charge < -0.3 is 18.9 Å². The van der Waals surface area contributed by atoms with Crippen molar-refractivity contribution >= 4 is 23.9 Å². The molecule has 0 radical (unpaired) electrons. The van der Waals surface area contributed by atoms with Gasteiger partial charge in [0.05, 0.1) is 7.11 Å². The van der Waals surface area contributed by atoms with E-state index < -0.39 is 30.0 Å². The Kier molecular flexibility index (Phi) is 10.1. The molecule has 0 spiro atoms. The Labute approximate surface area is 128 Å². The zero-order chi connectivity index (χ0) is 17.0. The molecule has 1 atom stereocenters. The molecule has 0 bridgehead atoms. The van der Waals surface area contributed by atoms with E-state index in [1.807, 2.05) is 0 Å². The molecule has 0 aliphatic heterocycles. The second-order valence-corrected chi connectivity index (χ2v) is 3.99. The molecule has 0 aliphatic rings. The van der Waals surface area contributed by atoms with Gasteiger partial charge in [-0.25, -0.2) is 9.59 Å². The topological polar surface area (TPSA) is 105 Å². The van der Waals surface area contributed by atoms with Crippen molar-refractivity contribution in [2.45, 2.75) is 32.8 Å². The van der Waals surface area contributed by atoms with Gasteiger partial charge in [-0.3, -0.25) is 9.59 Å². The van der Waals surface area contributed by atoms with Crippen LogP contribution in [0.3, 0.4) is 0 Å². The molecule has 0 rings (SSSR count). The lowest BCUT2D eigenvalue weighted by Crippen LogP contribution is -2.30. The minimum Gasteiger partial charge on any atom is -0.466 e. The highest BCUT2D eigenvalue weighted by molar-refractivity contribution is 5.91. The number of carbonyl (C=O) groups is 4. The van der Waals surface area contributed by atoms with Crippen molar-refractivity contribution in [3.05, 3.63) is 12.2 Å². The van der Waals surface area contributed by atoms with Crippen LogP contribution in [0, 0.1) is 0 Å². The van der Waals surface area contributed by atoms with Crippen LogP contribution >= 0.6 is 0 Å². The fourth-order valence-corrected chi connectivity index (χ4v) is 1.10. The Balaban J connectivity index is 4.40. The van der Waals surface area contributed by atoms with Gasteiger partial charge in [-0.1, -0.05) is 13.8 Å². The van der Waals surface area contributed by atoms with Gasteiger partial charge in [0.25, 0.3) is 0 Å². The van der Waals surface area contributed by atoms with E-state index in [1.165, 1.54) is 7.11 Å². The molecule has 0 aromatic heterocycles. The minimum atomic E-state index is -0.904. The van der Waals surface area contributed by atoms with Crippen molar-refractivity contribution in [1.29, 1.82) is 0 Å². The highest BCUT2D eigenvalue weighted by Crippen LogP contribution is 2.00. The largest absolute Gasteiger partial charge is 0.466 e.